The minimum atomic E-state index is -2.32. The fourth-order valence-electron chi connectivity index (χ4n) is 2.63. The summed E-state index contributed by atoms with van der Waals surface area (Å²) in [6.07, 6.45) is -23.6. The summed E-state index contributed by atoms with van der Waals surface area (Å²) in [6, 6.07) is 0. The second-order valence-electron chi connectivity index (χ2n) is 7.88. The first-order valence-electron chi connectivity index (χ1n) is 11.0. The van der Waals surface area contributed by atoms with Crippen LogP contribution in [0.2, 0.25) is 0 Å². The lowest BCUT2D eigenvalue weighted by Gasteiger charge is -2.30. The Morgan fingerprint density at radius 3 is 1.03 bits per heavy atom. The summed E-state index contributed by atoms with van der Waals surface area (Å²) >= 11 is 0. The third-order valence-electron chi connectivity index (χ3n) is 4.71. The van der Waals surface area contributed by atoms with Gasteiger partial charge in [0.1, 0.15) is 36.6 Å². The number of hydrogen-bond donors (Lipinski definition) is 10. The number of carbonyl (C=O) groups excluding carboxylic acids is 4. The van der Waals surface area contributed by atoms with Gasteiger partial charge in [-0.25, -0.2) is 0 Å². The van der Waals surface area contributed by atoms with E-state index in [4.69, 9.17) is 10.2 Å². The molecule has 10 N–H and O–H groups in total. The Balaban J connectivity index is 5.24. The van der Waals surface area contributed by atoms with E-state index >= 15 is 0 Å². The van der Waals surface area contributed by atoms with Gasteiger partial charge < -0.3 is 70.0 Å². The first kappa shape index (κ1) is 35.5. The Labute approximate surface area is 215 Å². The second-order valence-corrected chi connectivity index (χ2v) is 7.88. The Hall–Kier alpha value is -2.52. The van der Waals surface area contributed by atoms with E-state index in [2.05, 4.69) is 18.9 Å². The Morgan fingerprint density at radius 1 is 0.500 bits per heavy atom. The number of hydrogen-bond acceptors (Lipinski definition) is 18. The highest BCUT2D eigenvalue weighted by Crippen LogP contribution is 2.16. The largest absolute Gasteiger partial charge is 0.422 e. The molecule has 0 saturated carbocycles. The van der Waals surface area contributed by atoms with Crippen LogP contribution in [0, 0.1) is 0 Å². The first-order valence-corrected chi connectivity index (χ1v) is 11.0. The number of aliphatic hydroxyl groups is 10. The summed E-state index contributed by atoms with van der Waals surface area (Å²) in [5, 5.41) is 95.7. The van der Waals surface area contributed by atoms with Crippen molar-refractivity contribution in [2.75, 3.05) is 13.2 Å². The van der Waals surface area contributed by atoms with Gasteiger partial charge in [0.25, 0.3) is 12.6 Å². The molecule has 0 rings (SSSR count). The number of ether oxygens (including phenoxy) is 4. The van der Waals surface area contributed by atoms with Gasteiger partial charge in [-0.3, -0.25) is 19.2 Å². The average Bonchev–Trinajstić information content (AvgIpc) is 2.86. The van der Waals surface area contributed by atoms with Crippen molar-refractivity contribution in [2.45, 2.75) is 88.1 Å². The molecule has 18 nitrogen and oxygen atoms in total. The standard InChI is InChI=1S/C20H34O18/c1-7(23)35-19(17(33)15(31)13(29)9(25)5-21)37-11(27)3-4-12(28)38-20(36-8(2)24)18(34)16(32)14(30)10(26)6-22/h9-10,13-22,25-26,29-34H,3-6H2,1-2H3. The van der Waals surface area contributed by atoms with Crippen molar-refractivity contribution in [2.24, 2.45) is 0 Å². The molecule has 0 aromatic heterocycles. The molecule has 0 saturated heterocycles. The van der Waals surface area contributed by atoms with Crippen LogP contribution in [0.15, 0.2) is 0 Å². The van der Waals surface area contributed by atoms with E-state index < -0.39 is 111 Å². The Bertz CT molecular complexity index is 698. The predicted molar refractivity (Wildman–Crippen MR) is 115 cm³/mol. The van der Waals surface area contributed by atoms with Crippen molar-refractivity contribution in [3.05, 3.63) is 0 Å². The fourth-order valence-corrected chi connectivity index (χ4v) is 2.63. The van der Waals surface area contributed by atoms with Crippen molar-refractivity contribution in [3.8, 4) is 0 Å². The highest BCUT2D eigenvalue weighted by Gasteiger charge is 2.40. The maximum atomic E-state index is 12.1. The monoisotopic (exact) mass is 562 g/mol. The summed E-state index contributed by atoms with van der Waals surface area (Å²) in [6.45, 7) is -0.373. The van der Waals surface area contributed by atoms with Gasteiger partial charge in [-0.1, -0.05) is 0 Å². The number of rotatable bonds is 17. The van der Waals surface area contributed by atoms with E-state index in [1.807, 2.05) is 0 Å². The van der Waals surface area contributed by atoms with Crippen LogP contribution in [0.3, 0.4) is 0 Å². The molecule has 18 heteroatoms. The zero-order chi connectivity index (χ0) is 29.7. The molecular weight excluding hydrogens is 528 g/mol. The van der Waals surface area contributed by atoms with E-state index in [9.17, 15) is 60.0 Å². The number of aliphatic hydroxyl groups excluding tert-OH is 10. The average molecular weight is 562 g/mol. The molecule has 10 unspecified atom stereocenters. The highest BCUT2D eigenvalue weighted by molar-refractivity contribution is 5.78. The topological polar surface area (TPSA) is 308 Å². The van der Waals surface area contributed by atoms with E-state index in [0.717, 1.165) is 13.8 Å². The van der Waals surface area contributed by atoms with Gasteiger partial charge in [0, 0.05) is 13.8 Å². The third kappa shape index (κ3) is 11.9. The zero-order valence-corrected chi connectivity index (χ0v) is 20.3. The van der Waals surface area contributed by atoms with Crippen LogP contribution in [-0.4, -0.2) is 150 Å². The molecule has 0 fully saturated rings. The van der Waals surface area contributed by atoms with Gasteiger partial charge in [0.05, 0.1) is 26.1 Å². The molecule has 0 bridgehead atoms. The molecule has 0 aromatic carbocycles. The second kappa shape index (κ2) is 17.1. The molecular formula is C20H34O18. The molecule has 0 aromatic rings. The third-order valence-corrected chi connectivity index (χ3v) is 4.71. The van der Waals surface area contributed by atoms with Crippen LogP contribution >= 0.6 is 0 Å². The molecule has 0 aliphatic heterocycles. The normalized spacial score (nSPS) is 19.4. The van der Waals surface area contributed by atoms with Crippen LogP contribution in [-0.2, 0) is 38.1 Å². The van der Waals surface area contributed by atoms with Crippen molar-refractivity contribution < 1.29 is 89.2 Å². The SMILES string of the molecule is CC(=O)OC(OC(=O)CCC(=O)OC(OC(C)=O)C(O)C(O)C(O)C(O)CO)C(O)C(O)C(O)C(O)CO. The van der Waals surface area contributed by atoms with Gasteiger partial charge >= 0.3 is 23.9 Å². The minimum absolute atomic E-state index is 0.835. The smallest absolute Gasteiger partial charge is 0.309 e. The van der Waals surface area contributed by atoms with Crippen molar-refractivity contribution >= 4 is 23.9 Å². The molecule has 0 spiro atoms. The summed E-state index contributed by atoms with van der Waals surface area (Å²) in [5.41, 5.74) is 0. The lowest BCUT2D eigenvalue weighted by Crippen LogP contribution is -2.52. The summed E-state index contributed by atoms with van der Waals surface area (Å²) < 4.78 is 18.4. The van der Waals surface area contributed by atoms with E-state index in [0.29, 0.717) is 0 Å². The molecule has 0 aliphatic rings. The van der Waals surface area contributed by atoms with Crippen LogP contribution < -0.4 is 0 Å². The first-order chi connectivity index (χ1) is 17.6. The number of carbonyl (C=O) groups is 4. The van der Waals surface area contributed by atoms with Crippen LogP contribution in [0.5, 0.6) is 0 Å². The van der Waals surface area contributed by atoms with E-state index in [1.54, 1.807) is 0 Å². The van der Waals surface area contributed by atoms with E-state index in [-0.39, 0.29) is 0 Å². The lowest BCUT2D eigenvalue weighted by atomic mass is 10.0. The van der Waals surface area contributed by atoms with Crippen molar-refractivity contribution in [3.63, 3.8) is 0 Å². The van der Waals surface area contributed by atoms with E-state index in [1.165, 1.54) is 0 Å². The molecule has 0 heterocycles. The van der Waals surface area contributed by atoms with Crippen molar-refractivity contribution in [1.29, 1.82) is 0 Å². The highest BCUT2D eigenvalue weighted by atomic mass is 16.7. The Morgan fingerprint density at radius 2 is 0.789 bits per heavy atom. The van der Waals surface area contributed by atoms with Crippen LogP contribution in [0.1, 0.15) is 26.7 Å². The quantitative estimate of drug-likeness (QED) is 0.0581. The maximum Gasteiger partial charge on any atom is 0.309 e. The Kier molecular flexibility index (Phi) is 16.0. The van der Waals surface area contributed by atoms with Crippen LogP contribution in [0.4, 0.5) is 0 Å². The van der Waals surface area contributed by atoms with Gasteiger partial charge in [-0.05, 0) is 0 Å². The molecule has 222 valence electrons. The predicted octanol–water partition coefficient (Wildman–Crippen LogP) is -6.50. The zero-order valence-electron chi connectivity index (χ0n) is 20.3. The molecule has 0 amide bonds. The number of esters is 4. The molecule has 0 aliphatic carbocycles. The molecule has 38 heavy (non-hydrogen) atoms. The van der Waals surface area contributed by atoms with Crippen LogP contribution in [0.25, 0.3) is 0 Å². The minimum Gasteiger partial charge on any atom is -0.422 e. The summed E-state index contributed by atoms with van der Waals surface area (Å²) in [5.74, 6) is -4.92. The maximum absolute atomic E-state index is 12.1. The van der Waals surface area contributed by atoms with Gasteiger partial charge in [-0.15, -0.1) is 0 Å². The molecule has 0 radical (unpaired) electrons. The fraction of sp³-hybridized carbons (Fsp3) is 0.800. The molecule has 10 atom stereocenters. The summed E-state index contributed by atoms with van der Waals surface area (Å²) in [4.78, 5) is 46.7. The summed E-state index contributed by atoms with van der Waals surface area (Å²) in [7, 11) is 0. The van der Waals surface area contributed by atoms with Gasteiger partial charge in [0.15, 0.2) is 12.2 Å². The lowest BCUT2D eigenvalue weighted by molar-refractivity contribution is -0.230. The van der Waals surface area contributed by atoms with Gasteiger partial charge in [-0.2, -0.15) is 0 Å². The van der Waals surface area contributed by atoms with Gasteiger partial charge in [0.2, 0.25) is 0 Å². The van der Waals surface area contributed by atoms with Crippen molar-refractivity contribution in [1.82, 2.24) is 0 Å².